The van der Waals surface area contributed by atoms with E-state index >= 15 is 0 Å². The second-order valence-corrected chi connectivity index (χ2v) is 7.84. The zero-order valence-electron chi connectivity index (χ0n) is 11.2. The maximum absolute atomic E-state index is 3.60. The molecule has 1 atom stereocenters. The summed E-state index contributed by atoms with van der Waals surface area (Å²) in [6, 6.07) is 3.12. The van der Waals surface area contributed by atoms with E-state index in [9.17, 15) is 0 Å². The second kappa shape index (κ2) is 5.98. The summed E-state index contributed by atoms with van der Waals surface area (Å²) in [7, 11) is 2.15. The summed E-state index contributed by atoms with van der Waals surface area (Å²) >= 11 is 4.18. The van der Waals surface area contributed by atoms with E-state index < -0.39 is 0 Å². The Balaban J connectivity index is 1.79. The van der Waals surface area contributed by atoms with Gasteiger partial charge in [-0.25, -0.2) is 0 Å². The van der Waals surface area contributed by atoms with E-state index in [0.29, 0.717) is 6.04 Å². The maximum Gasteiger partial charge on any atom is 0.0441 e. The summed E-state index contributed by atoms with van der Waals surface area (Å²) < 4.78 is 0. The van der Waals surface area contributed by atoms with Gasteiger partial charge >= 0.3 is 0 Å². The van der Waals surface area contributed by atoms with E-state index in [4.69, 9.17) is 0 Å². The molecule has 2 heterocycles. The number of nitrogens with one attached hydrogen (secondary N) is 1. The van der Waals surface area contributed by atoms with E-state index in [-0.39, 0.29) is 0 Å². The number of hydrogen-bond acceptors (Lipinski definition) is 3. The van der Waals surface area contributed by atoms with E-state index in [0.717, 1.165) is 5.92 Å². The molecule has 18 heavy (non-hydrogen) atoms. The van der Waals surface area contributed by atoms with Crippen LogP contribution in [-0.4, -0.2) is 12.8 Å². The molecule has 1 N–H and O–H groups in total. The average molecular weight is 281 g/mol. The fourth-order valence-electron chi connectivity index (χ4n) is 3.40. The molecule has 0 aromatic carbocycles. The van der Waals surface area contributed by atoms with E-state index in [1.807, 2.05) is 0 Å². The van der Waals surface area contributed by atoms with Crippen LogP contribution in [0.25, 0.3) is 0 Å². The first-order chi connectivity index (χ1) is 8.88. The van der Waals surface area contributed by atoms with Crippen LogP contribution in [0.1, 0.15) is 53.5 Å². The Labute approximate surface area is 119 Å². The third-order valence-electron chi connectivity index (χ3n) is 4.39. The van der Waals surface area contributed by atoms with Crippen molar-refractivity contribution in [3.8, 4) is 0 Å². The van der Waals surface area contributed by atoms with Crippen LogP contribution in [0.5, 0.6) is 0 Å². The molecule has 0 bridgehead atoms. The molecule has 0 saturated heterocycles. The Morgan fingerprint density at radius 1 is 1.28 bits per heavy atom. The lowest BCUT2D eigenvalue weighted by molar-refractivity contribution is 0.284. The third kappa shape index (κ3) is 2.63. The van der Waals surface area contributed by atoms with Crippen LogP contribution in [-0.2, 0) is 12.2 Å². The van der Waals surface area contributed by atoms with Gasteiger partial charge in [0.1, 0.15) is 0 Å². The fraction of sp³-hybridized carbons (Fsp3) is 0.733. The lowest BCUT2D eigenvalue weighted by Gasteiger charge is -2.29. The number of rotatable bonds is 3. The van der Waals surface area contributed by atoms with Gasteiger partial charge < -0.3 is 5.32 Å². The van der Waals surface area contributed by atoms with Crippen molar-refractivity contribution in [3.05, 3.63) is 21.4 Å². The van der Waals surface area contributed by atoms with Crippen LogP contribution in [0.15, 0.2) is 6.07 Å². The monoisotopic (exact) mass is 281 g/mol. The molecule has 1 aliphatic carbocycles. The highest BCUT2D eigenvalue weighted by atomic mass is 32.2. The van der Waals surface area contributed by atoms with E-state index in [1.165, 1.54) is 50.0 Å². The Bertz CT molecular complexity index is 370. The summed E-state index contributed by atoms with van der Waals surface area (Å²) in [6.45, 7) is 0. The van der Waals surface area contributed by atoms with Crippen LogP contribution in [0.2, 0.25) is 0 Å². The summed E-state index contributed by atoms with van der Waals surface area (Å²) in [5.41, 5.74) is 1.63. The van der Waals surface area contributed by atoms with Gasteiger partial charge in [-0.15, -0.1) is 11.3 Å². The molecule has 0 amide bonds. The topological polar surface area (TPSA) is 12.0 Å². The molecule has 0 spiro atoms. The molecule has 1 nitrogen and oxygen atoms in total. The predicted octanol–water partition coefficient (Wildman–Crippen LogP) is 4.38. The molecule has 2 aliphatic rings. The van der Waals surface area contributed by atoms with Gasteiger partial charge in [0.25, 0.3) is 0 Å². The largest absolute Gasteiger partial charge is 0.312 e. The fourth-order valence-corrected chi connectivity index (χ4v) is 5.98. The van der Waals surface area contributed by atoms with Crippen molar-refractivity contribution in [2.24, 2.45) is 5.92 Å². The van der Waals surface area contributed by atoms with Crippen molar-refractivity contribution in [1.29, 1.82) is 0 Å². The van der Waals surface area contributed by atoms with Gasteiger partial charge in [0.15, 0.2) is 0 Å². The van der Waals surface area contributed by atoms with Gasteiger partial charge in [-0.05, 0) is 49.6 Å². The molecule has 100 valence electrons. The number of thiophene rings is 1. The van der Waals surface area contributed by atoms with Crippen molar-refractivity contribution in [2.75, 3.05) is 12.8 Å². The van der Waals surface area contributed by atoms with Crippen molar-refractivity contribution in [1.82, 2.24) is 5.32 Å². The van der Waals surface area contributed by atoms with Crippen molar-refractivity contribution in [3.63, 3.8) is 0 Å². The van der Waals surface area contributed by atoms with Gasteiger partial charge in [-0.2, -0.15) is 11.8 Å². The molecule has 1 aliphatic heterocycles. The zero-order chi connectivity index (χ0) is 12.4. The first-order valence-electron chi connectivity index (χ1n) is 7.25. The van der Waals surface area contributed by atoms with Gasteiger partial charge in [-0.3, -0.25) is 0 Å². The second-order valence-electron chi connectivity index (χ2n) is 5.56. The highest BCUT2D eigenvalue weighted by molar-refractivity contribution is 7.98. The molecule has 1 saturated carbocycles. The molecule has 3 heteroatoms. The minimum absolute atomic E-state index is 0.617. The first kappa shape index (κ1) is 13.0. The maximum atomic E-state index is 3.60. The van der Waals surface area contributed by atoms with Gasteiger partial charge in [-0.1, -0.05) is 19.3 Å². The normalized spacial score (nSPS) is 22.7. The number of thioether (sulfide) groups is 1. The Hall–Kier alpha value is 0.01000. The summed E-state index contributed by atoms with van der Waals surface area (Å²) in [5.74, 6) is 3.43. The predicted molar refractivity (Wildman–Crippen MR) is 82.6 cm³/mol. The van der Waals surface area contributed by atoms with Crippen LogP contribution < -0.4 is 5.32 Å². The molecule has 3 rings (SSSR count). The van der Waals surface area contributed by atoms with Crippen LogP contribution >= 0.6 is 23.1 Å². The summed E-state index contributed by atoms with van der Waals surface area (Å²) in [6.07, 6.45) is 8.45. The van der Waals surface area contributed by atoms with Crippen LogP contribution in [0.4, 0.5) is 0 Å². The quantitative estimate of drug-likeness (QED) is 0.882. The molecule has 1 aromatic heterocycles. The van der Waals surface area contributed by atoms with Crippen LogP contribution in [0.3, 0.4) is 0 Å². The smallest absolute Gasteiger partial charge is 0.0441 e. The average Bonchev–Trinajstić information content (AvgIpc) is 2.84. The molecular formula is C15H23NS2. The minimum Gasteiger partial charge on any atom is -0.312 e. The van der Waals surface area contributed by atoms with Crippen molar-refractivity contribution < 1.29 is 0 Å². The lowest BCUT2D eigenvalue weighted by Crippen LogP contribution is -2.26. The van der Waals surface area contributed by atoms with Crippen molar-refractivity contribution >= 4 is 23.1 Å². The number of fused-ring (bicyclic) bond motifs is 1. The molecule has 1 aromatic rings. The Morgan fingerprint density at radius 3 is 2.83 bits per heavy atom. The van der Waals surface area contributed by atoms with Gasteiger partial charge in [0, 0.05) is 21.5 Å². The SMILES string of the molecule is CNC(c1cc2c(s1)CCSC2)C1CCCCC1. The molecule has 0 radical (unpaired) electrons. The van der Waals surface area contributed by atoms with E-state index in [1.54, 1.807) is 15.3 Å². The highest BCUT2D eigenvalue weighted by Crippen LogP contribution is 2.40. The Kier molecular flexibility index (Phi) is 4.32. The number of aryl methyl sites for hydroxylation is 1. The van der Waals surface area contributed by atoms with Crippen LogP contribution in [0, 0.1) is 5.92 Å². The third-order valence-corrected chi connectivity index (χ3v) is 6.71. The standard InChI is InChI=1S/C15H23NS2/c1-16-15(11-5-3-2-4-6-11)14-9-12-10-17-8-7-13(12)18-14/h9,11,15-16H,2-8,10H2,1H3. The summed E-state index contributed by atoms with van der Waals surface area (Å²) in [5, 5.41) is 3.60. The van der Waals surface area contributed by atoms with Gasteiger partial charge in [0.2, 0.25) is 0 Å². The zero-order valence-corrected chi connectivity index (χ0v) is 12.8. The molecule has 1 unspecified atom stereocenters. The minimum atomic E-state index is 0.617. The molecular weight excluding hydrogens is 258 g/mol. The number of hydrogen-bond donors (Lipinski definition) is 1. The summed E-state index contributed by atoms with van der Waals surface area (Å²) in [4.78, 5) is 3.27. The van der Waals surface area contributed by atoms with E-state index in [2.05, 4.69) is 41.5 Å². The molecule has 1 fully saturated rings. The highest BCUT2D eigenvalue weighted by Gasteiger charge is 2.26. The Morgan fingerprint density at radius 2 is 2.11 bits per heavy atom. The lowest BCUT2D eigenvalue weighted by atomic mass is 9.83. The van der Waals surface area contributed by atoms with Crippen molar-refractivity contribution in [2.45, 2.75) is 50.3 Å². The first-order valence-corrected chi connectivity index (χ1v) is 9.22. The van der Waals surface area contributed by atoms with Gasteiger partial charge in [0.05, 0.1) is 0 Å².